The standard InChI is InChI=1S/C7H9F3O4/c1-3(7(8,9)10)6(2,4(11)12)5(13)14/h3H,1-2H3,(H,11,12)(H,13,14). The van der Waals surface area contributed by atoms with Crippen LogP contribution in [0.2, 0.25) is 0 Å². The molecular weight excluding hydrogens is 205 g/mol. The molecule has 0 aliphatic heterocycles. The third-order valence-corrected chi connectivity index (χ3v) is 2.25. The summed E-state index contributed by atoms with van der Waals surface area (Å²) in [6.45, 7) is 1.07. The minimum atomic E-state index is -4.86. The molecule has 0 aliphatic carbocycles. The fourth-order valence-corrected chi connectivity index (χ4v) is 0.789. The molecule has 0 radical (unpaired) electrons. The summed E-state index contributed by atoms with van der Waals surface area (Å²) in [4.78, 5) is 20.9. The smallest absolute Gasteiger partial charge is 0.393 e. The molecule has 14 heavy (non-hydrogen) atoms. The maximum atomic E-state index is 12.1. The van der Waals surface area contributed by atoms with Crippen LogP contribution >= 0.6 is 0 Å². The van der Waals surface area contributed by atoms with Crippen molar-refractivity contribution in [2.24, 2.45) is 11.3 Å². The normalized spacial score (nSPS) is 14.9. The fraction of sp³-hybridized carbons (Fsp3) is 0.714. The lowest BCUT2D eigenvalue weighted by molar-refractivity contribution is -0.214. The maximum absolute atomic E-state index is 12.1. The molecular formula is C7H9F3O4. The Morgan fingerprint density at radius 3 is 1.50 bits per heavy atom. The quantitative estimate of drug-likeness (QED) is 0.695. The minimum absolute atomic E-state index is 0.530. The topological polar surface area (TPSA) is 74.6 Å². The van der Waals surface area contributed by atoms with Gasteiger partial charge in [0.2, 0.25) is 0 Å². The van der Waals surface area contributed by atoms with Crippen molar-refractivity contribution in [3.8, 4) is 0 Å². The Balaban J connectivity index is 5.24. The van der Waals surface area contributed by atoms with Gasteiger partial charge < -0.3 is 10.2 Å². The molecule has 0 saturated heterocycles. The second-order valence-electron chi connectivity index (χ2n) is 3.08. The molecule has 0 aromatic carbocycles. The van der Waals surface area contributed by atoms with Crippen molar-refractivity contribution >= 4 is 11.9 Å². The van der Waals surface area contributed by atoms with Gasteiger partial charge in [0, 0.05) is 0 Å². The van der Waals surface area contributed by atoms with Crippen molar-refractivity contribution in [1.29, 1.82) is 0 Å². The first kappa shape index (κ1) is 12.7. The van der Waals surface area contributed by atoms with E-state index in [0.29, 0.717) is 13.8 Å². The lowest BCUT2D eigenvalue weighted by Gasteiger charge is -2.28. The Bertz CT molecular complexity index is 244. The zero-order chi connectivity index (χ0) is 11.7. The average molecular weight is 214 g/mol. The number of rotatable bonds is 3. The Labute approximate surface area is 77.3 Å². The van der Waals surface area contributed by atoms with Crippen LogP contribution in [0.25, 0.3) is 0 Å². The summed E-state index contributed by atoms with van der Waals surface area (Å²) in [7, 11) is 0. The van der Waals surface area contributed by atoms with Gasteiger partial charge in [-0.3, -0.25) is 9.59 Å². The van der Waals surface area contributed by atoms with E-state index in [4.69, 9.17) is 10.2 Å². The van der Waals surface area contributed by atoms with Gasteiger partial charge in [0.15, 0.2) is 5.41 Å². The van der Waals surface area contributed by atoms with Gasteiger partial charge in [0.1, 0.15) is 0 Å². The zero-order valence-corrected chi connectivity index (χ0v) is 7.42. The summed E-state index contributed by atoms with van der Waals surface area (Å²) in [5, 5.41) is 16.9. The Morgan fingerprint density at radius 1 is 1.14 bits per heavy atom. The van der Waals surface area contributed by atoms with Crippen molar-refractivity contribution < 1.29 is 33.0 Å². The molecule has 0 rings (SSSR count). The second kappa shape index (κ2) is 3.47. The highest BCUT2D eigenvalue weighted by Gasteiger charge is 2.57. The number of halogens is 3. The average Bonchev–Trinajstić information content (AvgIpc) is 1.99. The van der Waals surface area contributed by atoms with E-state index in [9.17, 15) is 22.8 Å². The summed E-state index contributed by atoms with van der Waals surface area (Å²) >= 11 is 0. The molecule has 0 bridgehead atoms. The number of carboxylic acids is 2. The van der Waals surface area contributed by atoms with Gasteiger partial charge >= 0.3 is 18.1 Å². The Hall–Kier alpha value is -1.27. The molecule has 1 atom stereocenters. The molecule has 4 nitrogen and oxygen atoms in total. The third kappa shape index (κ3) is 1.97. The number of hydrogen-bond donors (Lipinski definition) is 2. The predicted octanol–water partition coefficient (Wildman–Crippen LogP) is 1.36. The number of carbonyl (C=O) groups is 2. The van der Waals surface area contributed by atoms with Crippen LogP contribution in [-0.2, 0) is 9.59 Å². The van der Waals surface area contributed by atoms with E-state index < -0.39 is 29.4 Å². The van der Waals surface area contributed by atoms with Crippen LogP contribution < -0.4 is 0 Å². The molecule has 0 spiro atoms. The van der Waals surface area contributed by atoms with Gasteiger partial charge in [-0.15, -0.1) is 0 Å². The molecule has 1 unspecified atom stereocenters. The van der Waals surface area contributed by atoms with Crippen LogP contribution in [0, 0.1) is 11.3 Å². The largest absolute Gasteiger partial charge is 0.480 e. The van der Waals surface area contributed by atoms with Gasteiger partial charge in [0.05, 0.1) is 5.92 Å². The van der Waals surface area contributed by atoms with E-state index >= 15 is 0 Å². The predicted molar refractivity (Wildman–Crippen MR) is 38.6 cm³/mol. The summed E-state index contributed by atoms with van der Waals surface area (Å²) in [5.74, 6) is -6.46. The molecule has 0 aromatic heterocycles. The number of hydrogen-bond acceptors (Lipinski definition) is 2. The summed E-state index contributed by atoms with van der Waals surface area (Å²) < 4.78 is 36.4. The molecule has 0 aromatic rings. The first-order chi connectivity index (χ1) is 6.04. The highest BCUT2D eigenvalue weighted by Crippen LogP contribution is 2.40. The van der Waals surface area contributed by atoms with E-state index in [1.54, 1.807) is 0 Å². The summed E-state index contributed by atoms with van der Waals surface area (Å²) in [6.07, 6.45) is -4.86. The Kier molecular flexibility index (Phi) is 3.15. The molecule has 82 valence electrons. The van der Waals surface area contributed by atoms with E-state index in [0.717, 1.165) is 0 Å². The zero-order valence-electron chi connectivity index (χ0n) is 7.42. The molecule has 0 aliphatic rings. The number of carboxylic acid groups (broad SMARTS) is 2. The van der Waals surface area contributed by atoms with Crippen molar-refractivity contribution in [1.82, 2.24) is 0 Å². The second-order valence-corrected chi connectivity index (χ2v) is 3.08. The lowest BCUT2D eigenvalue weighted by atomic mass is 9.77. The van der Waals surface area contributed by atoms with Crippen molar-refractivity contribution in [3.63, 3.8) is 0 Å². The SMILES string of the molecule is CC(C(F)(F)F)C(C)(C(=O)O)C(=O)O. The van der Waals surface area contributed by atoms with Crippen molar-refractivity contribution in [2.75, 3.05) is 0 Å². The third-order valence-electron chi connectivity index (χ3n) is 2.25. The van der Waals surface area contributed by atoms with E-state index in [2.05, 4.69) is 0 Å². The summed E-state index contributed by atoms with van der Waals surface area (Å²) in [6, 6.07) is 0. The first-order valence-electron chi connectivity index (χ1n) is 3.58. The molecule has 0 heterocycles. The van der Waals surface area contributed by atoms with Crippen LogP contribution in [0.4, 0.5) is 13.2 Å². The van der Waals surface area contributed by atoms with Crippen LogP contribution in [0.5, 0.6) is 0 Å². The number of alkyl halides is 3. The molecule has 2 N–H and O–H groups in total. The maximum Gasteiger partial charge on any atom is 0.393 e. The molecule has 0 saturated carbocycles. The highest BCUT2D eigenvalue weighted by atomic mass is 19.4. The lowest BCUT2D eigenvalue weighted by Crippen LogP contribution is -2.47. The van der Waals surface area contributed by atoms with Crippen LogP contribution in [-0.4, -0.2) is 28.3 Å². The fourth-order valence-electron chi connectivity index (χ4n) is 0.789. The van der Waals surface area contributed by atoms with Crippen LogP contribution in [0.1, 0.15) is 13.8 Å². The summed E-state index contributed by atoms with van der Waals surface area (Å²) in [5.41, 5.74) is -2.85. The van der Waals surface area contributed by atoms with E-state index in [1.165, 1.54) is 0 Å². The van der Waals surface area contributed by atoms with E-state index in [1.807, 2.05) is 0 Å². The van der Waals surface area contributed by atoms with Gasteiger partial charge in [0.25, 0.3) is 0 Å². The van der Waals surface area contributed by atoms with E-state index in [-0.39, 0.29) is 0 Å². The van der Waals surface area contributed by atoms with Crippen LogP contribution in [0.15, 0.2) is 0 Å². The van der Waals surface area contributed by atoms with Gasteiger partial charge in [-0.1, -0.05) is 6.92 Å². The monoisotopic (exact) mass is 214 g/mol. The first-order valence-corrected chi connectivity index (χ1v) is 3.58. The molecule has 0 fully saturated rings. The Morgan fingerprint density at radius 2 is 1.43 bits per heavy atom. The molecule has 7 heteroatoms. The van der Waals surface area contributed by atoms with Gasteiger partial charge in [-0.2, -0.15) is 13.2 Å². The van der Waals surface area contributed by atoms with Crippen LogP contribution in [0.3, 0.4) is 0 Å². The van der Waals surface area contributed by atoms with Gasteiger partial charge in [-0.25, -0.2) is 0 Å². The highest BCUT2D eigenvalue weighted by molar-refractivity contribution is 5.98. The van der Waals surface area contributed by atoms with Crippen molar-refractivity contribution in [3.05, 3.63) is 0 Å². The van der Waals surface area contributed by atoms with Gasteiger partial charge in [-0.05, 0) is 6.92 Å². The van der Waals surface area contributed by atoms with Crippen molar-refractivity contribution in [2.45, 2.75) is 20.0 Å². The molecule has 0 amide bonds. The number of aliphatic carboxylic acids is 2. The minimum Gasteiger partial charge on any atom is -0.480 e.